The van der Waals surface area contributed by atoms with Gasteiger partial charge in [0, 0.05) is 26.6 Å². The van der Waals surface area contributed by atoms with E-state index in [1.807, 2.05) is 67.4 Å². The van der Waals surface area contributed by atoms with Crippen LogP contribution in [-0.2, 0) is 9.59 Å². The molecule has 0 fully saturated rings. The van der Waals surface area contributed by atoms with Crippen LogP contribution in [0.1, 0.15) is 31.9 Å². The molecule has 2 aromatic rings. The van der Waals surface area contributed by atoms with E-state index in [0.29, 0.717) is 25.2 Å². The molecule has 6 nitrogen and oxygen atoms in total. The van der Waals surface area contributed by atoms with Crippen LogP contribution in [0, 0.1) is 0 Å². The summed E-state index contributed by atoms with van der Waals surface area (Å²) in [6.07, 6.45) is 0.502. The molecular formula is C23H28N4O2. The number of likely N-dealkylation sites (N-methyl/N-ethyl adjacent to an activating group) is 2. The standard InChI is InChI=1S/C23H28N4O2/c1-4-26(5-2)22(28)17-25(3)23(29)20-16-21(18-12-8-6-9-13-18)27(24-20)19-14-10-7-11-15-19/h6-15,21H,4-5,16-17H2,1-3H3. The van der Waals surface area contributed by atoms with E-state index in [-0.39, 0.29) is 24.4 Å². The fourth-order valence-electron chi connectivity index (χ4n) is 3.56. The second-order valence-electron chi connectivity index (χ2n) is 7.08. The van der Waals surface area contributed by atoms with E-state index in [1.54, 1.807) is 11.9 Å². The fourth-order valence-corrected chi connectivity index (χ4v) is 3.56. The number of carbonyl (C=O) groups excluding carboxylic acids is 2. The van der Waals surface area contributed by atoms with Crippen molar-refractivity contribution in [1.29, 1.82) is 0 Å². The average Bonchev–Trinajstić information content (AvgIpc) is 3.20. The number of benzene rings is 2. The van der Waals surface area contributed by atoms with Crippen molar-refractivity contribution in [3.8, 4) is 0 Å². The highest BCUT2D eigenvalue weighted by molar-refractivity contribution is 6.39. The largest absolute Gasteiger partial charge is 0.342 e. The van der Waals surface area contributed by atoms with E-state index >= 15 is 0 Å². The van der Waals surface area contributed by atoms with Gasteiger partial charge in [0.2, 0.25) is 5.91 Å². The molecule has 29 heavy (non-hydrogen) atoms. The van der Waals surface area contributed by atoms with E-state index in [0.717, 1.165) is 11.3 Å². The minimum absolute atomic E-state index is 0.0515. The topological polar surface area (TPSA) is 56.2 Å². The Hall–Kier alpha value is -3.15. The molecule has 1 unspecified atom stereocenters. The third kappa shape index (κ3) is 4.65. The van der Waals surface area contributed by atoms with Gasteiger partial charge in [-0.05, 0) is 31.5 Å². The number of nitrogens with zero attached hydrogens (tertiary/aromatic N) is 4. The number of hydrogen-bond acceptors (Lipinski definition) is 4. The number of amides is 2. The zero-order valence-electron chi connectivity index (χ0n) is 17.3. The van der Waals surface area contributed by atoms with E-state index < -0.39 is 0 Å². The lowest BCUT2D eigenvalue weighted by molar-refractivity contribution is -0.136. The Bertz CT molecular complexity index is 863. The summed E-state index contributed by atoms with van der Waals surface area (Å²) in [4.78, 5) is 28.6. The Labute approximate surface area is 172 Å². The molecule has 3 rings (SSSR count). The molecule has 1 aliphatic rings. The van der Waals surface area contributed by atoms with Gasteiger partial charge in [0.25, 0.3) is 5.91 Å². The first-order valence-electron chi connectivity index (χ1n) is 10.0. The Balaban J connectivity index is 1.81. The summed E-state index contributed by atoms with van der Waals surface area (Å²) in [5, 5.41) is 6.57. The molecule has 1 aliphatic heterocycles. The van der Waals surface area contributed by atoms with Crippen molar-refractivity contribution < 1.29 is 9.59 Å². The van der Waals surface area contributed by atoms with Gasteiger partial charge in [-0.1, -0.05) is 48.5 Å². The summed E-state index contributed by atoms with van der Waals surface area (Å²) >= 11 is 0. The van der Waals surface area contributed by atoms with Gasteiger partial charge in [0.15, 0.2) is 0 Å². The number of carbonyl (C=O) groups is 2. The van der Waals surface area contributed by atoms with Gasteiger partial charge < -0.3 is 9.80 Å². The Morgan fingerprint density at radius 3 is 2.17 bits per heavy atom. The molecule has 2 amide bonds. The predicted molar refractivity (Wildman–Crippen MR) is 116 cm³/mol. The lowest BCUT2D eigenvalue weighted by atomic mass is 10.0. The molecule has 1 heterocycles. The molecule has 0 saturated carbocycles. The van der Waals surface area contributed by atoms with E-state index in [1.165, 1.54) is 4.90 Å². The van der Waals surface area contributed by atoms with Crippen LogP contribution in [0.25, 0.3) is 0 Å². The maximum Gasteiger partial charge on any atom is 0.270 e. The highest BCUT2D eigenvalue weighted by atomic mass is 16.2. The molecule has 0 aliphatic carbocycles. The minimum atomic E-state index is -0.204. The zero-order valence-corrected chi connectivity index (χ0v) is 17.3. The average molecular weight is 393 g/mol. The summed E-state index contributed by atoms with van der Waals surface area (Å²) in [5.41, 5.74) is 2.51. The van der Waals surface area contributed by atoms with Crippen LogP contribution in [0.15, 0.2) is 65.8 Å². The maximum absolute atomic E-state index is 13.0. The van der Waals surface area contributed by atoms with Gasteiger partial charge >= 0.3 is 0 Å². The second-order valence-corrected chi connectivity index (χ2v) is 7.08. The van der Waals surface area contributed by atoms with Gasteiger partial charge in [0.05, 0.1) is 18.3 Å². The maximum atomic E-state index is 13.0. The zero-order chi connectivity index (χ0) is 20.8. The summed E-state index contributed by atoms with van der Waals surface area (Å²) in [6.45, 7) is 5.20. The highest BCUT2D eigenvalue weighted by Crippen LogP contribution is 2.35. The lowest BCUT2D eigenvalue weighted by Crippen LogP contribution is -2.43. The molecule has 152 valence electrons. The van der Waals surface area contributed by atoms with Crippen molar-refractivity contribution in [3.05, 3.63) is 66.2 Å². The van der Waals surface area contributed by atoms with Gasteiger partial charge in [-0.3, -0.25) is 14.6 Å². The van der Waals surface area contributed by atoms with Crippen LogP contribution in [0.4, 0.5) is 5.69 Å². The number of rotatable bonds is 7. The van der Waals surface area contributed by atoms with Crippen molar-refractivity contribution >= 4 is 23.2 Å². The Morgan fingerprint density at radius 2 is 1.59 bits per heavy atom. The van der Waals surface area contributed by atoms with Crippen LogP contribution < -0.4 is 5.01 Å². The predicted octanol–water partition coefficient (Wildman–Crippen LogP) is 3.32. The number of hydrogen-bond donors (Lipinski definition) is 0. The lowest BCUT2D eigenvalue weighted by Gasteiger charge is -2.23. The number of hydrazone groups is 1. The summed E-state index contributed by atoms with van der Waals surface area (Å²) in [7, 11) is 1.66. The molecule has 1 atom stereocenters. The fraction of sp³-hybridized carbons (Fsp3) is 0.348. The quantitative estimate of drug-likeness (QED) is 0.726. The first kappa shape index (κ1) is 20.6. The van der Waals surface area contributed by atoms with E-state index in [9.17, 15) is 9.59 Å². The monoisotopic (exact) mass is 392 g/mol. The van der Waals surface area contributed by atoms with Crippen LogP contribution in [0.2, 0.25) is 0 Å². The second kappa shape index (κ2) is 9.37. The third-order valence-corrected chi connectivity index (χ3v) is 5.20. The summed E-state index contributed by atoms with van der Waals surface area (Å²) in [6, 6.07) is 19.9. The molecule has 0 bridgehead atoms. The molecule has 0 aromatic heterocycles. The van der Waals surface area contributed by atoms with Gasteiger partial charge in [-0.25, -0.2) is 0 Å². The van der Waals surface area contributed by atoms with Gasteiger partial charge in [-0.2, -0.15) is 5.10 Å². The molecule has 2 aromatic carbocycles. The van der Waals surface area contributed by atoms with Crippen LogP contribution in [0.3, 0.4) is 0 Å². The Kier molecular flexibility index (Phi) is 6.65. The van der Waals surface area contributed by atoms with E-state index in [4.69, 9.17) is 0 Å². The number of anilines is 1. The summed E-state index contributed by atoms with van der Waals surface area (Å²) < 4.78 is 0. The molecule has 0 N–H and O–H groups in total. The smallest absolute Gasteiger partial charge is 0.270 e. The van der Waals surface area contributed by atoms with Crippen LogP contribution in [0.5, 0.6) is 0 Å². The Morgan fingerprint density at radius 1 is 1.00 bits per heavy atom. The SMILES string of the molecule is CCN(CC)C(=O)CN(C)C(=O)C1=NN(c2ccccc2)C(c2ccccc2)C1. The van der Waals surface area contributed by atoms with Crippen LogP contribution in [-0.4, -0.2) is 54.0 Å². The summed E-state index contributed by atoms with van der Waals surface area (Å²) in [5.74, 6) is -0.256. The first-order chi connectivity index (χ1) is 14.0. The minimum Gasteiger partial charge on any atom is -0.342 e. The van der Waals surface area contributed by atoms with Crippen molar-refractivity contribution in [2.75, 3.05) is 31.7 Å². The van der Waals surface area contributed by atoms with Crippen LogP contribution >= 0.6 is 0 Å². The molecule has 0 spiro atoms. The molecule has 0 saturated heterocycles. The normalized spacial score (nSPS) is 15.8. The van der Waals surface area contributed by atoms with E-state index in [2.05, 4.69) is 17.2 Å². The highest BCUT2D eigenvalue weighted by Gasteiger charge is 2.34. The first-order valence-corrected chi connectivity index (χ1v) is 10.0. The van der Waals surface area contributed by atoms with Crippen molar-refractivity contribution in [1.82, 2.24) is 9.80 Å². The van der Waals surface area contributed by atoms with Gasteiger partial charge in [0.1, 0.15) is 5.71 Å². The third-order valence-electron chi connectivity index (χ3n) is 5.20. The molecule has 0 radical (unpaired) electrons. The molecule has 6 heteroatoms. The van der Waals surface area contributed by atoms with Gasteiger partial charge in [-0.15, -0.1) is 0 Å². The number of para-hydroxylation sites is 1. The van der Waals surface area contributed by atoms with Crippen molar-refractivity contribution in [3.63, 3.8) is 0 Å². The van der Waals surface area contributed by atoms with Crippen molar-refractivity contribution in [2.45, 2.75) is 26.3 Å². The van der Waals surface area contributed by atoms with Crippen molar-refractivity contribution in [2.24, 2.45) is 5.10 Å². The molecular weight excluding hydrogens is 364 g/mol.